The number of primary amides is 1. The minimum absolute atomic E-state index is 0.148. The van der Waals surface area contributed by atoms with Gasteiger partial charge in [0.25, 0.3) is 0 Å². The van der Waals surface area contributed by atoms with Gasteiger partial charge in [-0.25, -0.2) is 0 Å². The highest BCUT2D eigenvalue weighted by atomic mass is 16.1. The predicted octanol–water partition coefficient (Wildman–Crippen LogP) is 2.14. The molecule has 1 aliphatic rings. The SMILES string of the molecule is CC(C)CCCc1nnc(C(CC=O)CC(N)=O)n1C1CC1. The Morgan fingerprint density at radius 2 is 2.14 bits per heavy atom. The van der Waals surface area contributed by atoms with Crippen molar-refractivity contribution in [3.63, 3.8) is 0 Å². The zero-order valence-electron chi connectivity index (χ0n) is 13.5. The van der Waals surface area contributed by atoms with Gasteiger partial charge in [-0.15, -0.1) is 10.2 Å². The molecule has 6 heteroatoms. The first-order valence-corrected chi connectivity index (χ1v) is 8.18. The van der Waals surface area contributed by atoms with Crippen LogP contribution in [0.3, 0.4) is 0 Å². The molecule has 0 aliphatic heterocycles. The lowest BCUT2D eigenvalue weighted by Gasteiger charge is -2.15. The summed E-state index contributed by atoms with van der Waals surface area (Å²) in [6.45, 7) is 4.42. The van der Waals surface area contributed by atoms with Gasteiger partial charge in [-0.05, 0) is 25.2 Å². The molecule has 1 aliphatic carbocycles. The summed E-state index contributed by atoms with van der Waals surface area (Å²) in [5, 5.41) is 8.62. The number of amides is 1. The zero-order chi connectivity index (χ0) is 16.1. The number of carbonyl (C=O) groups is 2. The van der Waals surface area contributed by atoms with Crippen LogP contribution < -0.4 is 5.73 Å². The summed E-state index contributed by atoms with van der Waals surface area (Å²) < 4.78 is 2.16. The number of nitrogens with two attached hydrogens (primary N) is 1. The lowest BCUT2D eigenvalue weighted by molar-refractivity contribution is -0.118. The molecular weight excluding hydrogens is 280 g/mol. The number of aromatic nitrogens is 3. The van der Waals surface area contributed by atoms with Gasteiger partial charge in [0.1, 0.15) is 17.9 Å². The van der Waals surface area contributed by atoms with Gasteiger partial charge in [0.05, 0.1) is 0 Å². The highest BCUT2D eigenvalue weighted by molar-refractivity contribution is 5.75. The van der Waals surface area contributed by atoms with E-state index in [2.05, 4.69) is 28.6 Å². The first-order valence-electron chi connectivity index (χ1n) is 8.18. The van der Waals surface area contributed by atoms with E-state index < -0.39 is 5.91 Å². The molecule has 0 bridgehead atoms. The van der Waals surface area contributed by atoms with Crippen LogP contribution in [0.4, 0.5) is 0 Å². The van der Waals surface area contributed by atoms with Gasteiger partial charge in [0, 0.05) is 31.2 Å². The van der Waals surface area contributed by atoms with Gasteiger partial charge < -0.3 is 15.1 Å². The van der Waals surface area contributed by atoms with Gasteiger partial charge in [-0.1, -0.05) is 20.3 Å². The standard InChI is InChI=1S/C16H26N4O2/c1-11(2)4-3-5-15-18-19-16(20(15)13-6-7-13)12(8-9-21)10-14(17)22/h9,11-13H,3-8,10H2,1-2H3,(H2,17,22). The van der Waals surface area contributed by atoms with Crippen LogP contribution in [0.5, 0.6) is 0 Å². The van der Waals surface area contributed by atoms with Crippen LogP contribution in [0, 0.1) is 5.92 Å². The molecule has 22 heavy (non-hydrogen) atoms. The van der Waals surface area contributed by atoms with E-state index in [0.717, 1.165) is 50.0 Å². The molecule has 1 amide bonds. The maximum atomic E-state index is 11.3. The normalized spacial score (nSPS) is 16.0. The molecule has 0 saturated heterocycles. The van der Waals surface area contributed by atoms with E-state index >= 15 is 0 Å². The number of hydrogen-bond donors (Lipinski definition) is 1. The molecule has 1 atom stereocenters. The second kappa shape index (κ2) is 7.51. The van der Waals surface area contributed by atoms with Crippen molar-refractivity contribution < 1.29 is 9.59 Å². The highest BCUT2D eigenvalue weighted by Gasteiger charge is 2.32. The first kappa shape index (κ1) is 16.6. The smallest absolute Gasteiger partial charge is 0.218 e. The number of nitrogens with zero attached hydrogens (tertiary/aromatic N) is 3. The van der Waals surface area contributed by atoms with Crippen LogP contribution in [-0.4, -0.2) is 27.0 Å². The Morgan fingerprint density at radius 1 is 1.41 bits per heavy atom. The van der Waals surface area contributed by atoms with Gasteiger partial charge in [0.15, 0.2) is 0 Å². The summed E-state index contributed by atoms with van der Waals surface area (Å²) in [6.07, 6.45) is 6.61. The van der Waals surface area contributed by atoms with Gasteiger partial charge in [-0.2, -0.15) is 0 Å². The monoisotopic (exact) mass is 306 g/mol. The second-order valence-corrected chi connectivity index (χ2v) is 6.63. The average molecular weight is 306 g/mol. The van der Waals surface area contributed by atoms with Crippen molar-refractivity contribution in [1.82, 2.24) is 14.8 Å². The molecule has 1 aromatic rings. The number of hydrogen-bond acceptors (Lipinski definition) is 4. The third-order valence-electron chi connectivity index (χ3n) is 4.08. The van der Waals surface area contributed by atoms with Crippen molar-refractivity contribution in [1.29, 1.82) is 0 Å². The summed E-state index contributed by atoms with van der Waals surface area (Å²) in [6, 6.07) is 0.432. The van der Waals surface area contributed by atoms with E-state index in [9.17, 15) is 9.59 Å². The van der Waals surface area contributed by atoms with Crippen molar-refractivity contribution in [3.05, 3.63) is 11.6 Å². The van der Waals surface area contributed by atoms with Crippen LogP contribution in [0.2, 0.25) is 0 Å². The lowest BCUT2D eigenvalue weighted by Crippen LogP contribution is -2.19. The van der Waals surface area contributed by atoms with E-state index in [1.165, 1.54) is 0 Å². The Hall–Kier alpha value is -1.72. The quantitative estimate of drug-likeness (QED) is 0.670. The third-order valence-corrected chi connectivity index (χ3v) is 4.08. The molecule has 0 radical (unpaired) electrons. The van der Waals surface area contributed by atoms with Crippen molar-refractivity contribution >= 4 is 12.2 Å². The van der Waals surface area contributed by atoms with Crippen LogP contribution in [0.15, 0.2) is 0 Å². The van der Waals surface area contributed by atoms with E-state index in [4.69, 9.17) is 5.73 Å². The minimum atomic E-state index is -0.404. The van der Waals surface area contributed by atoms with Crippen LogP contribution in [-0.2, 0) is 16.0 Å². The molecule has 1 saturated carbocycles. The molecule has 0 spiro atoms. The van der Waals surface area contributed by atoms with Gasteiger partial charge in [0.2, 0.25) is 5.91 Å². The molecule has 1 unspecified atom stereocenters. The molecule has 1 aromatic heterocycles. The molecular formula is C16H26N4O2. The predicted molar refractivity (Wildman–Crippen MR) is 83.3 cm³/mol. The number of aryl methyl sites for hydroxylation is 1. The summed E-state index contributed by atoms with van der Waals surface area (Å²) in [5.74, 6) is 1.77. The Morgan fingerprint density at radius 3 is 2.68 bits per heavy atom. The highest BCUT2D eigenvalue weighted by Crippen LogP contribution is 2.39. The fourth-order valence-corrected chi connectivity index (χ4v) is 2.82. The van der Waals surface area contributed by atoms with E-state index in [-0.39, 0.29) is 18.8 Å². The van der Waals surface area contributed by atoms with E-state index in [1.807, 2.05) is 0 Å². The van der Waals surface area contributed by atoms with Crippen molar-refractivity contribution in [2.24, 2.45) is 11.7 Å². The van der Waals surface area contributed by atoms with Crippen LogP contribution in [0.1, 0.15) is 76.0 Å². The average Bonchev–Trinajstić information content (AvgIpc) is 3.18. The summed E-state index contributed by atoms with van der Waals surface area (Å²) >= 11 is 0. The lowest BCUT2D eigenvalue weighted by atomic mass is 10.0. The third kappa shape index (κ3) is 4.39. The molecule has 0 aromatic carbocycles. The zero-order valence-corrected chi connectivity index (χ0v) is 13.5. The Kier molecular flexibility index (Phi) is 5.69. The summed E-state index contributed by atoms with van der Waals surface area (Å²) in [4.78, 5) is 22.2. The molecule has 1 fully saturated rings. The van der Waals surface area contributed by atoms with Crippen molar-refractivity contribution in [3.8, 4) is 0 Å². The van der Waals surface area contributed by atoms with E-state index in [0.29, 0.717) is 12.0 Å². The summed E-state index contributed by atoms with van der Waals surface area (Å²) in [5.41, 5.74) is 5.31. The van der Waals surface area contributed by atoms with Gasteiger partial charge >= 0.3 is 0 Å². The summed E-state index contributed by atoms with van der Waals surface area (Å²) in [7, 11) is 0. The number of aldehydes is 1. The van der Waals surface area contributed by atoms with Crippen LogP contribution >= 0.6 is 0 Å². The van der Waals surface area contributed by atoms with Crippen LogP contribution in [0.25, 0.3) is 0 Å². The maximum Gasteiger partial charge on any atom is 0.218 e. The fourth-order valence-electron chi connectivity index (χ4n) is 2.82. The van der Waals surface area contributed by atoms with Crippen molar-refractivity contribution in [2.45, 2.75) is 70.8 Å². The number of carbonyl (C=O) groups excluding carboxylic acids is 2. The molecule has 6 nitrogen and oxygen atoms in total. The Labute approximate surface area is 131 Å². The van der Waals surface area contributed by atoms with Crippen molar-refractivity contribution in [2.75, 3.05) is 0 Å². The fraction of sp³-hybridized carbons (Fsp3) is 0.750. The Balaban J connectivity index is 2.17. The molecule has 2 N–H and O–H groups in total. The topological polar surface area (TPSA) is 90.9 Å². The minimum Gasteiger partial charge on any atom is -0.370 e. The number of rotatable bonds is 10. The molecule has 122 valence electrons. The first-order chi connectivity index (χ1) is 10.5. The van der Waals surface area contributed by atoms with Gasteiger partial charge in [-0.3, -0.25) is 4.79 Å². The van der Waals surface area contributed by atoms with E-state index in [1.54, 1.807) is 0 Å². The largest absolute Gasteiger partial charge is 0.370 e. The maximum absolute atomic E-state index is 11.3. The second-order valence-electron chi connectivity index (χ2n) is 6.63. The molecule has 2 rings (SSSR count). The Bertz CT molecular complexity index is 520. The molecule has 1 heterocycles.